The number of hydrogen-bond acceptors (Lipinski definition) is 5. The van der Waals surface area contributed by atoms with Crippen molar-refractivity contribution in [1.29, 1.82) is 0 Å². The summed E-state index contributed by atoms with van der Waals surface area (Å²) in [5.41, 5.74) is 0.806. The Balaban J connectivity index is 1.72. The minimum atomic E-state index is -0.367. The van der Waals surface area contributed by atoms with Crippen molar-refractivity contribution in [3.8, 4) is 0 Å². The minimum Gasteiger partial charge on any atom is -0.443 e. The Hall–Kier alpha value is -1.11. The van der Waals surface area contributed by atoms with Crippen LogP contribution < -0.4 is 5.32 Å². The van der Waals surface area contributed by atoms with Crippen LogP contribution in [0.1, 0.15) is 53.4 Å². The lowest BCUT2D eigenvalue weighted by molar-refractivity contribution is -0.118. The molecule has 6 nitrogen and oxygen atoms in total. The molecule has 148 valence electrons. The van der Waals surface area contributed by atoms with Gasteiger partial charge in [0.1, 0.15) is 23.4 Å². The van der Waals surface area contributed by atoms with Gasteiger partial charge in [-0.15, -0.1) is 0 Å². The van der Waals surface area contributed by atoms with Gasteiger partial charge in [0.25, 0.3) is 0 Å². The zero-order valence-corrected chi connectivity index (χ0v) is 16.7. The van der Waals surface area contributed by atoms with Crippen LogP contribution in [0.4, 0.5) is 4.79 Å². The maximum absolute atomic E-state index is 12.1. The molecule has 0 bridgehead atoms. The molecule has 1 spiro atoms. The number of nitrogens with one attached hydrogen (secondary N) is 1. The number of hydrogen-bond donors (Lipinski definition) is 1. The van der Waals surface area contributed by atoms with Crippen molar-refractivity contribution in [2.75, 3.05) is 20.3 Å². The molecule has 3 fully saturated rings. The van der Waals surface area contributed by atoms with Crippen LogP contribution >= 0.6 is 0 Å². The van der Waals surface area contributed by atoms with Crippen LogP contribution in [0.5, 0.6) is 0 Å². The second-order valence-electron chi connectivity index (χ2n) is 8.25. The molecule has 6 atom stereocenters. The second kappa shape index (κ2) is 7.49. The number of epoxide rings is 2. The van der Waals surface area contributed by atoms with E-state index in [2.05, 4.69) is 32.2 Å². The third-order valence-electron chi connectivity index (χ3n) is 6.01. The van der Waals surface area contributed by atoms with Gasteiger partial charge >= 0.3 is 6.09 Å². The lowest BCUT2D eigenvalue weighted by atomic mass is 9.68. The first kappa shape index (κ1) is 19.6. The Kier molecular flexibility index (Phi) is 5.66. The average molecular weight is 367 g/mol. The highest BCUT2D eigenvalue weighted by atomic mass is 16.6. The van der Waals surface area contributed by atoms with Crippen molar-refractivity contribution in [1.82, 2.24) is 5.32 Å². The number of ether oxygens (including phenoxy) is 4. The predicted octanol–water partition coefficient (Wildman–Crippen LogP) is 3.20. The molecule has 1 N–H and O–H groups in total. The Morgan fingerprint density at radius 3 is 2.69 bits per heavy atom. The Labute approximate surface area is 156 Å². The maximum Gasteiger partial charge on any atom is 0.407 e. The molecule has 0 aromatic rings. The molecule has 26 heavy (non-hydrogen) atoms. The van der Waals surface area contributed by atoms with Gasteiger partial charge in [0.15, 0.2) is 0 Å². The van der Waals surface area contributed by atoms with Crippen LogP contribution in [0, 0.1) is 5.92 Å². The molecule has 0 radical (unpaired) electrons. The van der Waals surface area contributed by atoms with E-state index in [1.54, 1.807) is 7.11 Å². The third-order valence-corrected chi connectivity index (χ3v) is 6.01. The fourth-order valence-corrected chi connectivity index (χ4v) is 4.48. The van der Waals surface area contributed by atoms with Crippen molar-refractivity contribution in [3.63, 3.8) is 0 Å². The summed E-state index contributed by atoms with van der Waals surface area (Å²) in [7, 11) is 1.69. The Bertz CT molecular complexity index is 554. The summed E-state index contributed by atoms with van der Waals surface area (Å²) in [5, 5.41) is 2.78. The first-order valence-corrected chi connectivity index (χ1v) is 9.78. The summed E-state index contributed by atoms with van der Waals surface area (Å²) in [6.07, 6.45) is 4.91. The van der Waals surface area contributed by atoms with E-state index in [4.69, 9.17) is 18.9 Å². The summed E-state index contributed by atoms with van der Waals surface area (Å²) >= 11 is 0. The molecule has 1 saturated carbocycles. The number of rotatable bonds is 7. The van der Waals surface area contributed by atoms with E-state index in [0.29, 0.717) is 6.54 Å². The van der Waals surface area contributed by atoms with Crippen molar-refractivity contribution in [3.05, 3.63) is 11.6 Å². The second-order valence-corrected chi connectivity index (χ2v) is 8.25. The fraction of sp³-hybridized carbons (Fsp3) is 0.850. The summed E-state index contributed by atoms with van der Waals surface area (Å²) < 4.78 is 23.6. The molecule has 6 unspecified atom stereocenters. The molecule has 3 aliphatic rings. The third kappa shape index (κ3) is 3.78. The van der Waals surface area contributed by atoms with Gasteiger partial charge in [0.2, 0.25) is 0 Å². The molecule has 0 aromatic heterocycles. The lowest BCUT2D eigenvalue weighted by Gasteiger charge is -2.42. The van der Waals surface area contributed by atoms with Crippen LogP contribution in [0.3, 0.4) is 0 Å². The highest BCUT2D eigenvalue weighted by Gasteiger charge is 2.72. The van der Waals surface area contributed by atoms with Gasteiger partial charge in [0, 0.05) is 13.7 Å². The predicted molar refractivity (Wildman–Crippen MR) is 98.1 cm³/mol. The summed E-state index contributed by atoms with van der Waals surface area (Å²) in [5.74, 6) is 0.0632. The van der Waals surface area contributed by atoms with Crippen molar-refractivity contribution < 1.29 is 23.7 Å². The van der Waals surface area contributed by atoms with E-state index in [1.807, 2.05) is 6.92 Å². The fourth-order valence-electron chi connectivity index (χ4n) is 4.48. The van der Waals surface area contributed by atoms with E-state index in [-0.39, 0.29) is 41.5 Å². The van der Waals surface area contributed by atoms with E-state index in [9.17, 15) is 4.79 Å². The summed E-state index contributed by atoms with van der Waals surface area (Å²) in [6, 6.07) is 0. The largest absolute Gasteiger partial charge is 0.443 e. The van der Waals surface area contributed by atoms with Gasteiger partial charge in [0.05, 0.1) is 18.6 Å². The highest BCUT2D eigenvalue weighted by Crippen LogP contribution is 2.59. The van der Waals surface area contributed by atoms with E-state index >= 15 is 0 Å². The number of alkyl carbamates (subject to hydrolysis) is 1. The number of allylic oxidation sites excluding steroid dienone is 1. The molecule has 2 heterocycles. The van der Waals surface area contributed by atoms with Crippen molar-refractivity contribution in [2.24, 2.45) is 5.92 Å². The summed E-state index contributed by atoms with van der Waals surface area (Å²) in [6.45, 7) is 9.72. The number of methoxy groups -OCH3 is 1. The van der Waals surface area contributed by atoms with Gasteiger partial charge in [-0.25, -0.2) is 4.79 Å². The smallest absolute Gasteiger partial charge is 0.407 e. The van der Waals surface area contributed by atoms with Gasteiger partial charge in [-0.2, -0.15) is 0 Å². The molecule has 1 amide bonds. The van der Waals surface area contributed by atoms with Crippen LogP contribution in [0.2, 0.25) is 0 Å². The van der Waals surface area contributed by atoms with E-state index in [1.165, 1.54) is 5.57 Å². The lowest BCUT2D eigenvalue weighted by Crippen LogP contribution is -2.56. The first-order valence-electron chi connectivity index (χ1n) is 9.78. The first-order chi connectivity index (χ1) is 12.4. The standard InChI is InChI=1S/C20H33NO5/c1-6-11-21-18(22)25-14-9-10-20(12-24-20)17(16(14)23-5)19(4)15(26-19)8-7-13(2)3/h7,14-17H,6,8-12H2,1-5H3,(H,21,22). The Morgan fingerprint density at radius 1 is 1.38 bits per heavy atom. The SMILES string of the molecule is CCCNC(=O)OC1CCC2(CO2)C(C2(C)OC2CC=C(C)C)C1OC. The molecule has 6 heteroatoms. The highest BCUT2D eigenvalue weighted by molar-refractivity contribution is 5.67. The van der Waals surface area contributed by atoms with Crippen LogP contribution in [0.25, 0.3) is 0 Å². The molecule has 0 aromatic carbocycles. The average Bonchev–Trinajstić information content (AvgIpc) is 3.50. The maximum atomic E-state index is 12.1. The normalized spacial score (nSPS) is 40.8. The van der Waals surface area contributed by atoms with E-state index in [0.717, 1.165) is 32.3 Å². The van der Waals surface area contributed by atoms with Gasteiger partial charge in [-0.1, -0.05) is 18.6 Å². The van der Waals surface area contributed by atoms with Crippen molar-refractivity contribution in [2.45, 2.75) is 82.9 Å². The minimum absolute atomic E-state index is 0.0632. The number of carbonyl (C=O) groups is 1. The topological polar surface area (TPSA) is 72.6 Å². The van der Waals surface area contributed by atoms with Gasteiger partial charge in [-0.05, 0) is 46.5 Å². The molecular weight excluding hydrogens is 334 g/mol. The molecule has 2 saturated heterocycles. The van der Waals surface area contributed by atoms with E-state index < -0.39 is 0 Å². The van der Waals surface area contributed by atoms with Crippen molar-refractivity contribution >= 4 is 6.09 Å². The van der Waals surface area contributed by atoms with Gasteiger partial charge in [-0.3, -0.25) is 0 Å². The summed E-state index contributed by atoms with van der Waals surface area (Å²) in [4.78, 5) is 12.1. The molecular formula is C20H33NO5. The van der Waals surface area contributed by atoms with Crippen LogP contribution in [0.15, 0.2) is 11.6 Å². The quantitative estimate of drug-likeness (QED) is 0.553. The number of amides is 1. The van der Waals surface area contributed by atoms with Gasteiger partial charge < -0.3 is 24.3 Å². The number of carbonyl (C=O) groups excluding carboxylic acids is 1. The van der Waals surface area contributed by atoms with Crippen LogP contribution in [-0.2, 0) is 18.9 Å². The zero-order valence-electron chi connectivity index (χ0n) is 16.7. The molecule has 1 aliphatic carbocycles. The monoisotopic (exact) mass is 367 g/mol. The molecule has 2 aliphatic heterocycles. The Morgan fingerprint density at radius 2 is 2.12 bits per heavy atom. The zero-order chi connectivity index (χ0) is 18.9. The molecule has 3 rings (SSSR count). The van der Waals surface area contributed by atoms with Crippen LogP contribution in [-0.4, -0.2) is 55.9 Å².